The zero-order chi connectivity index (χ0) is 6.41. The van der Waals surface area contributed by atoms with E-state index in [2.05, 4.69) is 11.7 Å². The van der Waals surface area contributed by atoms with Crippen LogP contribution in [0.2, 0.25) is 0 Å². The molecular formula is C7H16O2. The molecule has 2 heteroatoms. The summed E-state index contributed by atoms with van der Waals surface area (Å²) in [4.78, 5) is 10.1. The number of esters is 1. The van der Waals surface area contributed by atoms with E-state index < -0.39 is 0 Å². The van der Waals surface area contributed by atoms with Crippen LogP contribution >= 0.6 is 0 Å². The zero-order valence-electron chi connectivity index (χ0n) is 5.44. The predicted octanol–water partition coefficient (Wildman–Crippen LogP) is 1.99. The van der Waals surface area contributed by atoms with Crippen molar-refractivity contribution in [2.24, 2.45) is 0 Å². The molecule has 0 spiro atoms. The van der Waals surface area contributed by atoms with Gasteiger partial charge in [0.2, 0.25) is 0 Å². The summed E-state index contributed by atoms with van der Waals surface area (Å²) in [5.41, 5.74) is 0. The van der Waals surface area contributed by atoms with E-state index in [1.165, 1.54) is 6.92 Å². The minimum atomic E-state index is -0.182. The normalized spacial score (nSPS) is 7.78. The lowest BCUT2D eigenvalue weighted by Gasteiger charge is -1.96. The lowest BCUT2D eigenvalue weighted by atomic mass is 10.4. The number of unbranched alkanes of at least 4 members (excludes halogenated alkanes) is 1. The Morgan fingerprint density at radius 2 is 2.11 bits per heavy atom. The topological polar surface area (TPSA) is 26.3 Å². The van der Waals surface area contributed by atoms with Gasteiger partial charge >= 0.3 is 5.97 Å². The largest absolute Gasteiger partial charge is 0.466 e. The standard InChI is InChI=1S/C6H12O2.CH4/c1-3-4-5-8-6(2)7;/h3-5H2,1-2H3;1H4. The molecule has 0 amide bonds. The minimum Gasteiger partial charge on any atom is -0.466 e. The molecule has 0 aliphatic rings. The number of carbonyl (C=O) groups excluding carboxylic acids is 1. The Bertz CT molecular complexity index is 69.3. The number of carbonyl (C=O) groups is 1. The highest BCUT2D eigenvalue weighted by atomic mass is 16.5. The molecule has 0 aliphatic carbocycles. The maximum absolute atomic E-state index is 10.1. The van der Waals surface area contributed by atoms with Crippen molar-refractivity contribution in [2.75, 3.05) is 6.61 Å². The van der Waals surface area contributed by atoms with Crippen LogP contribution in [0.1, 0.15) is 34.1 Å². The molecule has 0 fully saturated rings. The van der Waals surface area contributed by atoms with Gasteiger partial charge in [-0.3, -0.25) is 4.79 Å². The molecule has 2 nitrogen and oxygen atoms in total. The lowest BCUT2D eigenvalue weighted by molar-refractivity contribution is -0.141. The van der Waals surface area contributed by atoms with Crippen molar-refractivity contribution >= 4 is 5.97 Å². The van der Waals surface area contributed by atoms with Crippen LogP contribution in [0.5, 0.6) is 0 Å². The monoisotopic (exact) mass is 132 g/mol. The first kappa shape index (κ1) is 11.3. The van der Waals surface area contributed by atoms with Crippen molar-refractivity contribution in [1.82, 2.24) is 0 Å². The molecule has 0 saturated carbocycles. The first-order chi connectivity index (χ1) is 3.77. The van der Waals surface area contributed by atoms with Gasteiger partial charge in [0.25, 0.3) is 0 Å². The molecule has 9 heavy (non-hydrogen) atoms. The van der Waals surface area contributed by atoms with E-state index in [1.54, 1.807) is 0 Å². The molecule has 0 rings (SSSR count). The number of hydrogen-bond donors (Lipinski definition) is 0. The van der Waals surface area contributed by atoms with Crippen LogP contribution in [0.15, 0.2) is 0 Å². The number of ether oxygens (including phenoxy) is 1. The molecule has 0 aromatic carbocycles. The van der Waals surface area contributed by atoms with Crippen molar-refractivity contribution in [1.29, 1.82) is 0 Å². The van der Waals surface area contributed by atoms with Gasteiger partial charge in [0, 0.05) is 6.92 Å². The highest BCUT2D eigenvalue weighted by Gasteiger charge is 1.88. The highest BCUT2D eigenvalue weighted by molar-refractivity contribution is 5.65. The van der Waals surface area contributed by atoms with Crippen LogP contribution in [0.4, 0.5) is 0 Å². The quantitative estimate of drug-likeness (QED) is 0.433. The average molecular weight is 132 g/mol. The highest BCUT2D eigenvalue weighted by Crippen LogP contribution is 1.86. The summed E-state index contributed by atoms with van der Waals surface area (Å²) < 4.78 is 4.64. The molecule has 56 valence electrons. The van der Waals surface area contributed by atoms with Gasteiger partial charge < -0.3 is 4.74 Å². The molecule has 0 N–H and O–H groups in total. The van der Waals surface area contributed by atoms with Gasteiger partial charge in [-0.05, 0) is 6.42 Å². The summed E-state index contributed by atoms with van der Waals surface area (Å²) in [7, 11) is 0. The molecule has 0 aromatic rings. The van der Waals surface area contributed by atoms with Crippen LogP contribution in [-0.4, -0.2) is 12.6 Å². The predicted molar refractivity (Wildman–Crippen MR) is 38.3 cm³/mol. The van der Waals surface area contributed by atoms with Gasteiger partial charge in [0.05, 0.1) is 6.61 Å². The van der Waals surface area contributed by atoms with Crippen molar-refractivity contribution in [3.05, 3.63) is 0 Å². The van der Waals surface area contributed by atoms with E-state index in [4.69, 9.17) is 0 Å². The molecule has 0 heterocycles. The van der Waals surface area contributed by atoms with Crippen LogP contribution in [0.25, 0.3) is 0 Å². The van der Waals surface area contributed by atoms with Gasteiger partial charge in [0.15, 0.2) is 0 Å². The second-order valence-electron chi connectivity index (χ2n) is 1.69. The first-order valence-electron chi connectivity index (χ1n) is 2.90. The summed E-state index contributed by atoms with van der Waals surface area (Å²) in [5.74, 6) is -0.182. The first-order valence-corrected chi connectivity index (χ1v) is 2.90. The Hall–Kier alpha value is -0.530. The van der Waals surface area contributed by atoms with E-state index in [9.17, 15) is 4.79 Å². The third kappa shape index (κ3) is 11.2. The smallest absolute Gasteiger partial charge is 0.302 e. The lowest BCUT2D eigenvalue weighted by Crippen LogP contribution is -1.99. The second kappa shape index (κ2) is 7.47. The summed E-state index contributed by atoms with van der Waals surface area (Å²) in [5, 5.41) is 0. The van der Waals surface area contributed by atoms with Crippen LogP contribution < -0.4 is 0 Å². The van der Waals surface area contributed by atoms with Gasteiger partial charge in [-0.1, -0.05) is 20.8 Å². The molecule has 0 aliphatic heterocycles. The minimum absolute atomic E-state index is 0. The molecule has 0 aromatic heterocycles. The van der Waals surface area contributed by atoms with E-state index >= 15 is 0 Å². The van der Waals surface area contributed by atoms with E-state index in [1.807, 2.05) is 0 Å². The molecule has 0 bridgehead atoms. The maximum Gasteiger partial charge on any atom is 0.302 e. The van der Waals surface area contributed by atoms with E-state index in [-0.39, 0.29) is 13.4 Å². The van der Waals surface area contributed by atoms with Gasteiger partial charge in [-0.25, -0.2) is 0 Å². The molecule has 0 radical (unpaired) electrons. The van der Waals surface area contributed by atoms with E-state index in [0.717, 1.165) is 12.8 Å². The fraction of sp³-hybridized carbons (Fsp3) is 0.857. The number of rotatable bonds is 3. The van der Waals surface area contributed by atoms with Gasteiger partial charge in [-0.15, -0.1) is 0 Å². The Morgan fingerprint density at radius 1 is 1.56 bits per heavy atom. The van der Waals surface area contributed by atoms with Crippen molar-refractivity contribution < 1.29 is 9.53 Å². The molecule has 0 atom stereocenters. The summed E-state index contributed by atoms with van der Waals surface area (Å²) in [6, 6.07) is 0. The third-order valence-electron chi connectivity index (χ3n) is 0.803. The van der Waals surface area contributed by atoms with Crippen molar-refractivity contribution in [3.8, 4) is 0 Å². The van der Waals surface area contributed by atoms with Crippen molar-refractivity contribution in [2.45, 2.75) is 34.1 Å². The van der Waals surface area contributed by atoms with E-state index in [0.29, 0.717) is 6.61 Å². The van der Waals surface area contributed by atoms with Gasteiger partial charge in [-0.2, -0.15) is 0 Å². The Balaban J connectivity index is 0. The Kier molecular flexibility index (Phi) is 9.37. The summed E-state index contributed by atoms with van der Waals surface area (Å²) >= 11 is 0. The number of hydrogen-bond acceptors (Lipinski definition) is 2. The second-order valence-corrected chi connectivity index (χ2v) is 1.69. The average Bonchev–Trinajstić information content (AvgIpc) is 1.66. The molecule has 0 unspecified atom stereocenters. The van der Waals surface area contributed by atoms with Gasteiger partial charge in [0.1, 0.15) is 0 Å². The fourth-order valence-corrected chi connectivity index (χ4v) is 0.360. The van der Waals surface area contributed by atoms with Crippen LogP contribution in [0.3, 0.4) is 0 Å². The van der Waals surface area contributed by atoms with Crippen molar-refractivity contribution in [3.63, 3.8) is 0 Å². The molecule has 0 saturated heterocycles. The Morgan fingerprint density at radius 3 is 2.44 bits per heavy atom. The summed E-state index contributed by atoms with van der Waals surface area (Å²) in [6.07, 6.45) is 2.05. The van der Waals surface area contributed by atoms with Crippen LogP contribution in [-0.2, 0) is 9.53 Å². The SMILES string of the molecule is C.CCCCOC(C)=O. The molecular weight excluding hydrogens is 116 g/mol. The third-order valence-corrected chi connectivity index (χ3v) is 0.803. The van der Waals surface area contributed by atoms with Crippen LogP contribution in [0, 0.1) is 0 Å². The zero-order valence-corrected chi connectivity index (χ0v) is 5.44. The summed E-state index contributed by atoms with van der Waals surface area (Å²) in [6.45, 7) is 4.06. The Labute approximate surface area is 57.2 Å². The maximum atomic E-state index is 10.1. The fourth-order valence-electron chi connectivity index (χ4n) is 0.360.